The van der Waals surface area contributed by atoms with Gasteiger partial charge in [0.25, 0.3) is 5.92 Å². The van der Waals surface area contributed by atoms with Crippen molar-refractivity contribution in [2.75, 3.05) is 13.7 Å². The van der Waals surface area contributed by atoms with E-state index in [0.717, 1.165) is 17.5 Å². The number of ether oxygens (including phenoxy) is 1. The summed E-state index contributed by atoms with van der Waals surface area (Å²) in [6.45, 7) is 0.629. The normalized spacial score (nSPS) is 19.9. The van der Waals surface area contributed by atoms with Gasteiger partial charge in [-0.25, -0.2) is 17.6 Å². The second kappa shape index (κ2) is 10.0. The molecule has 0 aromatic heterocycles. The van der Waals surface area contributed by atoms with Gasteiger partial charge in [0.1, 0.15) is 17.2 Å². The molecular formula is C24H25ClF6O. The second-order valence-electron chi connectivity index (χ2n) is 8.40. The maximum Gasteiger partial charge on any atom is 0.353 e. The van der Waals surface area contributed by atoms with Crippen LogP contribution in [-0.2, 0) is 23.0 Å². The van der Waals surface area contributed by atoms with E-state index in [9.17, 15) is 26.3 Å². The smallest absolute Gasteiger partial charge is 0.353 e. The lowest BCUT2D eigenvalue weighted by Crippen LogP contribution is -2.33. The highest BCUT2D eigenvalue weighted by molar-refractivity contribution is 6.21. The standard InChI is InChI=1S/C24H25ClF6O/c1-32-11-10-15-2-4-17(5-3-15)18-6-8-19(9-7-18)23(28,29)14-16-12-20(26)22(21(27)13-16)24(25,30)31/h2-5,12-13,18-19H,6-11,14H2,1H3. The Morgan fingerprint density at radius 3 is 1.97 bits per heavy atom. The molecule has 1 aliphatic rings. The Labute approximate surface area is 188 Å². The molecule has 0 saturated heterocycles. The summed E-state index contributed by atoms with van der Waals surface area (Å²) < 4.78 is 88.8. The van der Waals surface area contributed by atoms with Crippen molar-refractivity contribution in [3.63, 3.8) is 0 Å². The third-order valence-corrected chi connectivity index (χ3v) is 6.38. The van der Waals surface area contributed by atoms with E-state index >= 15 is 0 Å². The lowest BCUT2D eigenvalue weighted by molar-refractivity contribution is -0.0715. The number of rotatable bonds is 8. The summed E-state index contributed by atoms with van der Waals surface area (Å²) in [5.74, 6) is -7.24. The van der Waals surface area contributed by atoms with Crippen molar-refractivity contribution in [2.24, 2.45) is 5.92 Å². The largest absolute Gasteiger partial charge is 0.384 e. The van der Waals surface area contributed by atoms with Gasteiger partial charge in [0, 0.05) is 19.4 Å². The zero-order valence-corrected chi connectivity index (χ0v) is 18.4. The van der Waals surface area contributed by atoms with Gasteiger partial charge in [-0.3, -0.25) is 0 Å². The van der Waals surface area contributed by atoms with E-state index in [2.05, 4.69) is 0 Å². The minimum Gasteiger partial charge on any atom is -0.384 e. The van der Waals surface area contributed by atoms with E-state index < -0.39 is 40.8 Å². The van der Waals surface area contributed by atoms with Gasteiger partial charge in [-0.15, -0.1) is 0 Å². The summed E-state index contributed by atoms with van der Waals surface area (Å²) in [6.07, 6.45) is 1.59. The molecule has 0 aliphatic heterocycles. The molecule has 0 spiro atoms. The first-order chi connectivity index (χ1) is 15.0. The van der Waals surface area contributed by atoms with Crippen LogP contribution in [0.4, 0.5) is 26.3 Å². The fourth-order valence-corrected chi connectivity index (χ4v) is 4.62. The molecule has 0 amide bonds. The van der Waals surface area contributed by atoms with Gasteiger partial charge in [-0.2, -0.15) is 8.78 Å². The molecule has 2 aromatic rings. The summed E-state index contributed by atoms with van der Waals surface area (Å²) in [4.78, 5) is 0. The first kappa shape index (κ1) is 24.9. The van der Waals surface area contributed by atoms with Gasteiger partial charge in [-0.05, 0) is 78.4 Å². The van der Waals surface area contributed by atoms with Gasteiger partial charge >= 0.3 is 5.38 Å². The van der Waals surface area contributed by atoms with Crippen molar-refractivity contribution < 1.29 is 31.1 Å². The molecule has 0 unspecified atom stereocenters. The fourth-order valence-electron chi connectivity index (χ4n) is 4.44. The molecule has 32 heavy (non-hydrogen) atoms. The average molecular weight is 479 g/mol. The van der Waals surface area contributed by atoms with E-state index in [-0.39, 0.29) is 24.3 Å². The molecule has 0 atom stereocenters. The van der Waals surface area contributed by atoms with Crippen LogP contribution in [0.1, 0.15) is 53.9 Å². The van der Waals surface area contributed by atoms with Crippen LogP contribution in [0.5, 0.6) is 0 Å². The monoisotopic (exact) mass is 478 g/mol. The number of hydrogen-bond donors (Lipinski definition) is 0. The summed E-state index contributed by atoms with van der Waals surface area (Å²) in [5.41, 5.74) is 0.256. The van der Waals surface area contributed by atoms with Crippen LogP contribution < -0.4 is 0 Å². The third-order valence-electron chi connectivity index (χ3n) is 6.20. The van der Waals surface area contributed by atoms with Crippen molar-refractivity contribution in [2.45, 2.75) is 55.7 Å². The Kier molecular flexibility index (Phi) is 7.81. The Morgan fingerprint density at radius 1 is 0.906 bits per heavy atom. The first-order valence-corrected chi connectivity index (χ1v) is 10.9. The first-order valence-electron chi connectivity index (χ1n) is 10.5. The van der Waals surface area contributed by atoms with Crippen LogP contribution in [0.15, 0.2) is 36.4 Å². The molecule has 176 valence electrons. The minimum atomic E-state index is -4.25. The molecule has 0 N–H and O–H groups in total. The summed E-state index contributed by atoms with van der Waals surface area (Å²) in [5, 5.41) is -4.25. The van der Waals surface area contributed by atoms with Crippen molar-refractivity contribution >= 4 is 11.6 Å². The molecule has 2 aromatic carbocycles. The molecule has 0 radical (unpaired) electrons. The second-order valence-corrected chi connectivity index (χ2v) is 8.88. The van der Waals surface area contributed by atoms with Crippen LogP contribution in [0.25, 0.3) is 0 Å². The summed E-state index contributed by atoms with van der Waals surface area (Å²) in [7, 11) is 1.64. The molecule has 0 heterocycles. The molecule has 0 bridgehead atoms. The Bertz CT molecular complexity index is 879. The fraction of sp³-hybridized carbons (Fsp3) is 0.500. The predicted molar refractivity (Wildman–Crippen MR) is 111 cm³/mol. The van der Waals surface area contributed by atoms with E-state index in [0.29, 0.717) is 31.6 Å². The SMILES string of the molecule is COCCc1ccc(C2CCC(C(F)(F)Cc3cc(F)c(C(F)(F)Cl)c(F)c3)CC2)cc1. The lowest BCUT2D eigenvalue weighted by atomic mass is 9.75. The average Bonchev–Trinajstić information content (AvgIpc) is 2.71. The number of benzene rings is 2. The lowest BCUT2D eigenvalue weighted by Gasteiger charge is -2.34. The number of methoxy groups -OCH3 is 1. The Morgan fingerprint density at radius 2 is 1.47 bits per heavy atom. The molecule has 8 heteroatoms. The van der Waals surface area contributed by atoms with E-state index in [1.807, 2.05) is 24.3 Å². The van der Waals surface area contributed by atoms with Crippen molar-refractivity contribution in [1.82, 2.24) is 0 Å². The van der Waals surface area contributed by atoms with Crippen molar-refractivity contribution in [3.05, 3.63) is 70.3 Å². The zero-order valence-electron chi connectivity index (χ0n) is 17.6. The van der Waals surface area contributed by atoms with E-state index in [4.69, 9.17) is 16.3 Å². The van der Waals surface area contributed by atoms with Crippen LogP contribution >= 0.6 is 11.6 Å². The summed E-state index contributed by atoms with van der Waals surface area (Å²) in [6, 6.07) is 9.11. The van der Waals surface area contributed by atoms with E-state index in [1.54, 1.807) is 7.11 Å². The van der Waals surface area contributed by atoms with Crippen molar-refractivity contribution in [3.8, 4) is 0 Å². The van der Waals surface area contributed by atoms with Crippen LogP contribution in [0.2, 0.25) is 0 Å². The summed E-state index contributed by atoms with van der Waals surface area (Å²) >= 11 is 4.70. The topological polar surface area (TPSA) is 9.23 Å². The molecular weight excluding hydrogens is 454 g/mol. The van der Waals surface area contributed by atoms with Gasteiger partial charge in [0.15, 0.2) is 0 Å². The van der Waals surface area contributed by atoms with Crippen LogP contribution in [0.3, 0.4) is 0 Å². The number of halogens is 7. The number of alkyl halides is 5. The highest BCUT2D eigenvalue weighted by Gasteiger charge is 2.42. The predicted octanol–water partition coefficient (Wildman–Crippen LogP) is 7.59. The molecule has 1 saturated carbocycles. The van der Waals surface area contributed by atoms with Gasteiger partial charge in [0.05, 0.1) is 6.61 Å². The molecule has 1 nitrogen and oxygen atoms in total. The Hall–Kier alpha value is -1.73. The van der Waals surface area contributed by atoms with Crippen molar-refractivity contribution in [1.29, 1.82) is 0 Å². The highest BCUT2D eigenvalue weighted by Crippen LogP contribution is 2.44. The van der Waals surface area contributed by atoms with Gasteiger partial charge in [-0.1, -0.05) is 24.3 Å². The Balaban J connectivity index is 1.62. The van der Waals surface area contributed by atoms with Gasteiger partial charge in [0.2, 0.25) is 0 Å². The molecule has 3 rings (SSSR count). The van der Waals surface area contributed by atoms with E-state index in [1.165, 1.54) is 0 Å². The quantitative estimate of drug-likeness (QED) is 0.280. The highest BCUT2D eigenvalue weighted by atomic mass is 35.5. The molecule has 1 fully saturated rings. The third kappa shape index (κ3) is 5.98. The maximum atomic E-state index is 14.9. The van der Waals surface area contributed by atoms with Crippen LogP contribution in [-0.4, -0.2) is 19.6 Å². The zero-order chi connectivity index (χ0) is 23.5. The maximum absolute atomic E-state index is 14.9. The van der Waals surface area contributed by atoms with Gasteiger partial charge < -0.3 is 4.74 Å². The minimum absolute atomic E-state index is 0.179. The van der Waals surface area contributed by atoms with Crippen LogP contribution in [0, 0.1) is 17.6 Å². The molecule has 1 aliphatic carbocycles. The number of hydrogen-bond acceptors (Lipinski definition) is 1.